The lowest BCUT2D eigenvalue weighted by atomic mass is 10.0. The van der Waals surface area contributed by atoms with Crippen LogP contribution < -0.4 is 14.8 Å². The monoisotopic (exact) mass is 453 g/mol. The molecule has 0 N–H and O–H groups in total. The zero-order chi connectivity index (χ0) is 22.1. The Morgan fingerprint density at radius 3 is 2.39 bits per heavy atom. The van der Waals surface area contributed by atoms with Crippen LogP contribution in [0, 0.1) is 13.8 Å². The SMILES string of the molecule is COc1ccc(-c2cc(=Nc3cccc(Cl)c3Cl)c3c(C)cc(C)cc3o2)cc1OC. The molecule has 0 amide bonds. The Hall–Kier alpha value is -2.95. The topological polar surface area (TPSA) is 44.0 Å². The number of hydrogen-bond acceptors (Lipinski definition) is 4. The number of methoxy groups -OCH3 is 2. The Bertz CT molecular complexity index is 1360. The van der Waals surface area contributed by atoms with E-state index in [4.69, 9.17) is 42.1 Å². The maximum absolute atomic E-state index is 6.41. The Balaban J connectivity index is 2.04. The van der Waals surface area contributed by atoms with Crippen molar-refractivity contribution in [3.8, 4) is 22.8 Å². The average molecular weight is 454 g/mol. The van der Waals surface area contributed by atoms with Crippen LogP contribution in [0.2, 0.25) is 10.0 Å². The molecule has 4 nitrogen and oxygen atoms in total. The Labute approximate surface area is 190 Å². The van der Waals surface area contributed by atoms with Crippen molar-refractivity contribution >= 4 is 39.9 Å². The van der Waals surface area contributed by atoms with Crippen molar-refractivity contribution in [1.82, 2.24) is 0 Å². The molecule has 0 saturated carbocycles. The van der Waals surface area contributed by atoms with Crippen LogP contribution in [-0.4, -0.2) is 14.2 Å². The number of benzene rings is 3. The van der Waals surface area contributed by atoms with Gasteiger partial charge < -0.3 is 13.9 Å². The fourth-order valence-electron chi connectivity index (χ4n) is 3.61. The summed E-state index contributed by atoms with van der Waals surface area (Å²) >= 11 is 12.6. The maximum Gasteiger partial charge on any atom is 0.161 e. The molecule has 158 valence electrons. The van der Waals surface area contributed by atoms with E-state index < -0.39 is 0 Å². The normalized spacial score (nSPS) is 11.7. The molecular weight excluding hydrogens is 433 g/mol. The van der Waals surface area contributed by atoms with E-state index in [1.807, 2.05) is 56.3 Å². The molecule has 6 heteroatoms. The van der Waals surface area contributed by atoms with Gasteiger partial charge in [0.1, 0.15) is 11.3 Å². The molecule has 0 fully saturated rings. The minimum Gasteiger partial charge on any atom is -0.493 e. The number of ether oxygens (including phenoxy) is 2. The number of rotatable bonds is 4. The second kappa shape index (κ2) is 8.66. The van der Waals surface area contributed by atoms with Gasteiger partial charge in [-0.2, -0.15) is 0 Å². The summed E-state index contributed by atoms with van der Waals surface area (Å²) in [5, 5.41) is 2.54. The molecule has 0 aliphatic heterocycles. The van der Waals surface area contributed by atoms with Gasteiger partial charge in [-0.1, -0.05) is 35.3 Å². The highest BCUT2D eigenvalue weighted by molar-refractivity contribution is 6.43. The average Bonchev–Trinajstić information content (AvgIpc) is 2.75. The molecule has 0 radical (unpaired) electrons. The van der Waals surface area contributed by atoms with Crippen molar-refractivity contribution in [1.29, 1.82) is 0 Å². The molecule has 0 unspecified atom stereocenters. The minimum atomic E-state index is 0.413. The molecular formula is C25H21Cl2NO3. The molecule has 0 aliphatic rings. The molecule has 1 aromatic heterocycles. The van der Waals surface area contributed by atoms with Crippen molar-refractivity contribution in [2.75, 3.05) is 14.2 Å². The summed E-state index contributed by atoms with van der Waals surface area (Å²) in [5.74, 6) is 1.91. The largest absolute Gasteiger partial charge is 0.493 e. The summed E-state index contributed by atoms with van der Waals surface area (Å²) in [7, 11) is 3.21. The van der Waals surface area contributed by atoms with E-state index in [1.54, 1.807) is 20.3 Å². The first-order valence-electron chi connectivity index (χ1n) is 9.67. The lowest BCUT2D eigenvalue weighted by Gasteiger charge is -2.11. The van der Waals surface area contributed by atoms with Gasteiger partial charge in [-0.3, -0.25) is 0 Å². The van der Waals surface area contributed by atoms with Gasteiger partial charge in [0.15, 0.2) is 11.5 Å². The predicted octanol–water partition coefficient (Wildman–Crippen LogP) is 7.27. The highest BCUT2D eigenvalue weighted by Crippen LogP contribution is 2.34. The van der Waals surface area contributed by atoms with Gasteiger partial charge in [0.05, 0.1) is 35.3 Å². The van der Waals surface area contributed by atoms with Crippen LogP contribution in [0.5, 0.6) is 11.5 Å². The summed E-state index contributed by atoms with van der Waals surface area (Å²) in [6.07, 6.45) is 0. The number of halogens is 2. The molecule has 4 rings (SSSR count). The molecule has 4 aromatic rings. The van der Waals surface area contributed by atoms with E-state index in [0.717, 1.165) is 33.0 Å². The van der Waals surface area contributed by atoms with E-state index in [2.05, 4.69) is 6.07 Å². The van der Waals surface area contributed by atoms with Crippen molar-refractivity contribution in [3.05, 3.63) is 81.1 Å². The van der Waals surface area contributed by atoms with Crippen molar-refractivity contribution in [3.63, 3.8) is 0 Å². The van der Waals surface area contributed by atoms with Gasteiger partial charge in [-0.25, -0.2) is 4.99 Å². The summed E-state index contributed by atoms with van der Waals surface area (Å²) in [6.45, 7) is 4.08. The minimum absolute atomic E-state index is 0.413. The van der Waals surface area contributed by atoms with Crippen molar-refractivity contribution < 1.29 is 13.9 Å². The third-order valence-corrected chi connectivity index (χ3v) is 5.84. The van der Waals surface area contributed by atoms with Gasteiger partial charge in [0.2, 0.25) is 0 Å². The van der Waals surface area contributed by atoms with Crippen LogP contribution in [0.3, 0.4) is 0 Å². The van der Waals surface area contributed by atoms with Crippen LogP contribution in [0.25, 0.3) is 22.3 Å². The second-order valence-corrected chi connectivity index (χ2v) is 7.99. The molecule has 31 heavy (non-hydrogen) atoms. The van der Waals surface area contributed by atoms with Crippen LogP contribution in [0.4, 0.5) is 5.69 Å². The van der Waals surface area contributed by atoms with Crippen LogP contribution in [-0.2, 0) is 0 Å². The van der Waals surface area contributed by atoms with Gasteiger partial charge in [-0.15, -0.1) is 0 Å². The number of hydrogen-bond donors (Lipinski definition) is 0. The zero-order valence-electron chi connectivity index (χ0n) is 17.6. The van der Waals surface area contributed by atoms with Gasteiger partial charge >= 0.3 is 0 Å². The van der Waals surface area contributed by atoms with Gasteiger partial charge in [0, 0.05) is 17.0 Å². The molecule has 0 aliphatic carbocycles. The second-order valence-electron chi connectivity index (χ2n) is 7.21. The third kappa shape index (κ3) is 4.14. The first kappa shape index (κ1) is 21.3. The van der Waals surface area contributed by atoms with Crippen molar-refractivity contribution in [2.45, 2.75) is 13.8 Å². The summed E-state index contributed by atoms with van der Waals surface area (Å²) in [4.78, 5) is 4.85. The molecule has 0 bridgehead atoms. The highest BCUT2D eigenvalue weighted by Gasteiger charge is 2.13. The molecule has 0 spiro atoms. The van der Waals surface area contributed by atoms with Crippen LogP contribution in [0.1, 0.15) is 11.1 Å². The quantitative estimate of drug-likeness (QED) is 0.326. The molecule has 0 atom stereocenters. The van der Waals surface area contributed by atoms with E-state index in [1.165, 1.54) is 0 Å². The highest BCUT2D eigenvalue weighted by atomic mass is 35.5. The van der Waals surface area contributed by atoms with Crippen LogP contribution in [0.15, 0.2) is 64.0 Å². The number of aryl methyl sites for hydroxylation is 2. The summed E-state index contributed by atoms with van der Waals surface area (Å²) in [6, 6.07) is 17.1. The lowest BCUT2D eigenvalue weighted by molar-refractivity contribution is 0.355. The van der Waals surface area contributed by atoms with Crippen molar-refractivity contribution in [2.24, 2.45) is 4.99 Å². The van der Waals surface area contributed by atoms with Gasteiger partial charge in [-0.05, 0) is 61.4 Å². The smallest absolute Gasteiger partial charge is 0.161 e. The zero-order valence-corrected chi connectivity index (χ0v) is 19.1. The first-order chi connectivity index (χ1) is 14.9. The van der Waals surface area contributed by atoms with E-state index in [0.29, 0.717) is 33.0 Å². The summed E-state index contributed by atoms with van der Waals surface area (Å²) in [5.41, 5.74) is 4.34. The predicted molar refractivity (Wildman–Crippen MR) is 126 cm³/mol. The molecule has 1 heterocycles. The lowest BCUT2D eigenvalue weighted by Crippen LogP contribution is -2.05. The summed E-state index contributed by atoms with van der Waals surface area (Å²) < 4.78 is 17.1. The standard InChI is InChI=1S/C25H21Cl2NO3/c1-14-10-15(2)24-19(28-18-7-5-6-17(26)25(18)27)13-21(31-23(24)11-14)16-8-9-20(29-3)22(12-16)30-4/h5-13H,1-4H3. The molecule has 3 aromatic carbocycles. The fraction of sp³-hybridized carbons (Fsp3) is 0.160. The Kier molecular flexibility index (Phi) is 5.94. The third-order valence-electron chi connectivity index (χ3n) is 5.03. The van der Waals surface area contributed by atoms with E-state index in [9.17, 15) is 0 Å². The number of nitrogens with zero attached hydrogens (tertiary/aromatic N) is 1. The fourth-order valence-corrected chi connectivity index (χ4v) is 3.95. The van der Waals surface area contributed by atoms with Crippen LogP contribution >= 0.6 is 23.2 Å². The Morgan fingerprint density at radius 1 is 0.871 bits per heavy atom. The first-order valence-corrected chi connectivity index (χ1v) is 10.4. The Morgan fingerprint density at radius 2 is 1.65 bits per heavy atom. The molecule has 0 saturated heterocycles. The number of fused-ring (bicyclic) bond motifs is 1. The van der Waals surface area contributed by atoms with E-state index >= 15 is 0 Å². The maximum atomic E-state index is 6.41. The van der Waals surface area contributed by atoms with Gasteiger partial charge in [0.25, 0.3) is 0 Å². The van der Waals surface area contributed by atoms with E-state index in [-0.39, 0.29) is 0 Å².